The third kappa shape index (κ3) is 3.24. The van der Waals surface area contributed by atoms with Crippen molar-refractivity contribution in [2.24, 2.45) is 5.41 Å². The number of nitrogens with one attached hydrogen (secondary N) is 2. The van der Waals surface area contributed by atoms with Gasteiger partial charge < -0.3 is 15.7 Å². The minimum atomic E-state index is -0.606. The molecule has 112 valence electrons. The lowest BCUT2D eigenvalue weighted by Gasteiger charge is -2.23. The number of aliphatic hydroxyl groups is 1. The van der Waals surface area contributed by atoms with Crippen LogP contribution in [-0.2, 0) is 9.59 Å². The Hall–Kier alpha value is -1.88. The molecule has 2 aliphatic rings. The molecular weight excluding hydrogens is 268 g/mol. The highest BCUT2D eigenvalue weighted by Gasteiger charge is 2.49. The highest BCUT2D eigenvalue weighted by atomic mass is 16.3. The summed E-state index contributed by atoms with van der Waals surface area (Å²) in [6, 6.07) is 9.61. The quantitative estimate of drug-likeness (QED) is 0.704. The normalized spacial score (nSPS) is 20.4. The van der Waals surface area contributed by atoms with Crippen LogP contribution >= 0.6 is 0 Å². The van der Waals surface area contributed by atoms with Crippen molar-refractivity contribution >= 4 is 11.8 Å². The third-order valence-electron chi connectivity index (χ3n) is 4.31. The van der Waals surface area contributed by atoms with Gasteiger partial charge in [-0.2, -0.15) is 0 Å². The minimum absolute atomic E-state index is 0.174. The molecular formula is C16H20N2O3. The molecule has 0 bridgehead atoms. The fourth-order valence-electron chi connectivity index (χ4n) is 2.51. The molecule has 2 aliphatic carbocycles. The van der Waals surface area contributed by atoms with Crippen molar-refractivity contribution in [3.8, 4) is 0 Å². The molecule has 1 aromatic rings. The van der Waals surface area contributed by atoms with Gasteiger partial charge in [0.05, 0.1) is 6.10 Å². The molecule has 0 aliphatic heterocycles. The standard InChI is InChI=1S/C16H20N2O3/c19-13(11-4-2-1-3-5-11)16(8-9-16)10-17-14(20)15(21)18-12-6-7-12/h1-5,12-13,19H,6-10H2,(H,17,20)(H,18,21). The maximum absolute atomic E-state index is 11.7. The van der Waals surface area contributed by atoms with E-state index in [4.69, 9.17) is 0 Å². The molecule has 21 heavy (non-hydrogen) atoms. The molecule has 3 rings (SSSR count). The second-order valence-corrected chi connectivity index (χ2v) is 6.11. The van der Waals surface area contributed by atoms with Gasteiger partial charge in [0.1, 0.15) is 0 Å². The first kappa shape index (κ1) is 14.1. The lowest BCUT2D eigenvalue weighted by atomic mass is 9.92. The van der Waals surface area contributed by atoms with Gasteiger partial charge in [-0.1, -0.05) is 30.3 Å². The molecule has 5 nitrogen and oxygen atoms in total. The zero-order valence-electron chi connectivity index (χ0n) is 11.8. The summed E-state index contributed by atoms with van der Waals surface area (Å²) in [6.45, 7) is 0.333. The number of benzene rings is 1. The average Bonchev–Trinajstić information content (AvgIpc) is 3.41. The predicted molar refractivity (Wildman–Crippen MR) is 77.2 cm³/mol. The van der Waals surface area contributed by atoms with Crippen LogP contribution in [0.5, 0.6) is 0 Å². The smallest absolute Gasteiger partial charge is 0.309 e. The van der Waals surface area contributed by atoms with Gasteiger partial charge in [-0.25, -0.2) is 0 Å². The zero-order chi connectivity index (χ0) is 14.9. The monoisotopic (exact) mass is 288 g/mol. The van der Waals surface area contributed by atoms with Crippen LogP contribution in [0.2, 0.25) is 0 Å². The van der Waals surface area contributed by atoms with Crippen LogP contribution in [0.15, 0.2) is 30.3 Å². The summed E-state index contributed by atoms with van der Waals surface area (Å²) in [4.78, 5) is 23.3. The Morgan fingerprint density at radius 1 is 1.19 bits per heavy atom. The van der Waals surface area contributed by atoms with Crippen LogP contribution in [0.25, 0.3) is 0 Å². The summed E-state index contributed by atoms with van der Waals surface area (Å²) >= 11 is 0. The SMILES string of the molecule is O=C(NCC1(C(O)c2ccccc2)CC1)C(=O)NC1CC1. The predicted octanol–water partition coefficient (Wildman–Crippen LogP) is 0.895. The number of carbonyl (C=O) groups excluding carboxylic acids is 2. The fraction of sp³-hybridized carbons (Fsp3) is 0.500. The highest BCUT2D eigenvalue weighted by molar-refractivity contribution is 6.35. The number of amides is 2. The third-order valence-corrected chi connectivity index (χ3v) is 4.31. The lowest BCUT2D eigenvalue weighted by molar-refractivity contribution is -0.139. The number of rotatable bonds is 5. The molecule has 0 radical (unpaired) electrons. The van der Waals surface area contributed by atoms with E-state index in [1.54, 1.807) is 0 Å². The van der Waals surface area contributed by atoms with Crippen molar-refractivity contribution in [3.05, 3.63) is 35.9 Å². The van der Waals surface area contributed by atoms with Gasteiger partial charge in [0.25, 0.3) is 0 Å². The maximum Gasteiger partial charge on any atom is 0.309 e. The van der Waals surface area contributed by atoms with Crippen molar-refractivity contribution < 1.29 is 14.7 Å². The van der Waals surface area contributed by atoms with Crippen LogP contribution in [-0.4, -0.2) is 29.5 Å². The van der Waals surface area contributed by atoms with Crippen LogP contribution in [0, 0.1) is 5.41 Å². The molecule has 1 atom stereocenters. The summed E-state index contributed by atoms with van der Waals surface area (Å²) in [6.07, 6.45) is 3.01. The Morgan fingerprint density at radius 2 is 1.86 bits per heavy atom. The number of hydrogen-bond acceptors (Lipinski definition) is 3. The number of carbonyl (C=O) groups is 2. The number of aliphatic hydroxyl groups excluding tert-OH is 1. The second-order valence-electron chi connectivity index (χ2n) is 6.11. The molecule has 0 saturated heterocycles. The minimum Gasteiger partial charge on any atom is -0.388 e. The number of hydrogen-bond donors (Lipinski definition) is 3. The Labute approximate surface area is 123 Å². The molecule has 2 amide bonds. The van der Waals surface area contributed by atoms with Crippen LogP contribution in [0.3, 0.4) is 0 Å². The molecule has 0 aromatic heterocycles. The van der Waals surface area contributed by atoms with Crippen molar-refractivity contribution in [1.29, 1.82) is 0 Å². The first-order valence-electron chi connectivity index (χ1n) is 7.42. The van der Waals surface area contributed by atoms with E-state index in [1.807, 2.05) is 30.3 Å². The van der Waals surface area contributed by atoms with Crippen molar-refractivity contribution in [2.75, 3.05) is 6.54 Å². The van der Waals surface area contributed by atoms with Crippen molar-refractivity contribution in [3.63, 3.8) is 0 Å². The summed E-state index contributed by atoms with van der Waals surface area (Å²) < 4.78 is 0. The summed E-state index contributed by atoms with van der Waals surface area (Å²) in [5, 5.41) is 15.8. The van der Waals surface area contributed by atoms with Gasteiger partial charge in [-0.3, -0.25) is 9.59 Å². The topological polar surface area (TPSA) is 78.4 Å². The lowest BCUT2D eigenvalue weighted by Crippen LogP contribution is -2.43. The first-order chi connectivity index (χ1) is 10.1. The van der Waals surface area contributed by atoms with E-state index in [2.05, 4.69) is 10.6 Å². The summed E-state index contributed by atoms with van der Waals surface area (Å²) in [7, 11) is 0. The van der Waals surface area contributed by atoms with E-state index < -0.39 is 17.9 Å². The summed E-state index contributed by atoms with van der Waals surface area (Å²) in [5.41, 5.74) is 0.531. The Morgan fingerprint density at radius 3 is 2.43 bits per heavy atom. The molecule has 1 aromatic carbocycles. The van der Waals surface area contributed by atoms with Crippen molar-refractivity contribution in [1.82, 2.24) is 10.6 Å². The molecule has 0 heterocycles. The van der Waals surface area contributed by atoms with E-state index in [-0.39, 0.29) is 11.5 Å². The fourth-order valence-corrected chi connectivity index (χ4v) is 2.51. The molecule has 1 unspecified atom stereocenters. The van der Waals surface area contributed by atoms with E-state index in [9.17, 15) is 14.7 Å². The van der Waals surface area contributed by atoms with Gasteiger partial charge >= 0.3 is 11.8 Å². The largest absolute Gasteiger partial charge is 0.388 e. The van der Waals surface area contributed by atoms with Crippen LogP contribution < -0.4 is 10.6 Å². The molecule has 0 spiro atoms. The Balaban J connectivity index is 1.54. The van der Waals surface area contributed by atoms with Gasteiger partial charge in [-0.15, -0.1) is 0 Å². The van der Waals surface area contributed by atoms with Crippen molar-refractivity contribution in [2.45, 2.75) is 37.8 Å². The van der Waals surface area contributed by atoms with E-state index in [0.29, 0.717) is 6.54 Å². The Bertz CT molecular complexity index is 536. The van der Waals surface area contributed by atoms with Crippen LogP contribution in [0.4, 0.5) is 0 Å². The average molecular weight is 288 g/mol. The summed E-state index contributed by atoms with van der Waals surface area (Å²) in [5.74, 6) is -1.17. The van der Waals surface area contributed by atoms with Gasteiger partial charge in [-0.05, 0) is 31.2 Å². The van der Waals surface area contributed by atoms with Gasteiger partial charge in [0.2, 0.25) is 0 Å². The van der Waals surface area contributed by atoms with Gasteiger partial charge in [0, 0.05) is 18.0 Å². The highest BCUT2D eigenvalue weighted by Crippen LogP contribution is 2.54. The van der Waals surface area contributed by atoms with Gasteiger partial charge in [0.15, 0.2) is 0 Å². The zero-order valence-corrected chi connectivity index (χ0v) is 11.8. The molecule has 2 fully saturated rings. The maximum atomic E-state index is 11.7. The van der Waals surface area contributed by atoms with E-state index in [0.717, 1.165) is 31.2 Å². The molecule has 2 saturated carbocycles. The Kier molecular flexibility index (Phi) is 3.68. The van der Waals surface area contributed by atoms with E-state index in [1.165, 1.54) is 0 Å². The molecule has 5 heteroatoms. The molecule has 3 N–H and O–H groups in total. The second kappa shape index (κ2) is 5.48. The first-order valence-corrected chi connectivity index (χ1v) is 7.42. The van der Waals surface area contributed by atoms with E-state index >= 15 is 0 Å². The van der Waals surface area contributed by atoms with Crippen LogP contribution in [0.1, 0.15) is 37.4 Å².